The van der Waals surface area contributed by atoms with Crippen molar-refractivity contribution in [1.82, 2.24) is 43.6 Å². The number of furan rings is 1. The van der Waals surface area contributed by atoms with E-state index >= 15 is 0 Å². The molecule has 7 aromatic rings. The summed E-state index contributed by atoms with van der Waals surface area (Å²) < 4.78 is 11.1. The second-order valence-corrected chi connectivity index (χ2v) is 7.19. The molecule has 0 aliphatic carbocycles. The number of aromatic nitrogens is 9. The fraction of sp³-hybridized carbons (Fsp3) is 0. The Hall–Kier alpha value is -4.86. The third kappa shape index (κ3) is 2.40. The quantitative estimate of drug-likeness (QED) is 0.432. The molecule has 0 saturated heterocycles. The van der Waals surface area contributed by atoms with E-state index in [2.05, 4.69) is 15.0 Å². The smallest absolute Gasteiger partial charge is 0.241 e. The molecule has 0 aliphatic rings. The summed E-state index contributed by atoms with van der Waals surface area (Å²) in [5.74, 6) is 1.33. The SMILES string of the molecule is c1ccc2c(c1)c1nc3ccoc3cc1n2-c1nc(-n2ccnc2)nc(-n2ccnc2)n1. The third-order valence-corrected chi connectivity index (χ3v) is 5.33. The van der Waals surface area contributed by atoms with Crippen LogP contribution >= 0.6 is 0 Å². The highest BCUT2D eigenvalue weighted by Crippen LogP contribution is 2.32. The summed E-state index contributed by atoms with van der Waals surface area (Å²) in [4.78, 5) is 27.2. The zero-order valence-corrected chi connectivity index (χ0v) is 16.4. The number of nitrogens with zero attached hydrogens (tertiary/aromatic N) is 9. The highest BCUT2D eigenvalue weighted by Gasteiger charge is 2.19. The molecule has 0 saturated carbocycles. The van der Waals surface area contributed by atoms with Crippen molar-refractivity contribution in [1.29, 1.82) is 0 Å². The van der Waals surface area contributed by atoms with Crippen LogP contribution in [-0.2, 0) is 0 Å². The highest BCUT2D eigenvalue weighted by molar-refractivity contribution is 6.09. The van der Waals surface area contributed by atoms with Crippen molar-refractivity contribution in [3.8, 4) is 17.8 Å². The maximum Gasteiger partial charge on any atom is 0.241 e. The number of rotatable bonds is 3. The Bertz CT molecular complexity index is 1670. The normalized spacial score (nSPS) is 11.8. The van der Waals surface area contributed by atoms with Crippen molar-refractivity contribution in [3.05, 3.63) is 80.1 Å². The van der Waals surface area contributed by atoms with Gasteiger partial charge < -0.3 is 4.42 Å². The molecule has 1 aromatic carbocycles. The third-order valence-electron chi connectivity index (χ3n) is 5.33. The lowest BCUT2D eigenvalue weighted by molar-refractivity contribution is 0.616. The Balaban J connectivity index is 1.60. The largest absolute Gasteiger partial charge is 0.463 e. The molecule has 0 unspecified atom stereocenters. The van der Waals surface area contributed by atoms with Crippen LogP contribution in [0.3, 0.4) is 0 Å². The van der Waals surface area contributed by atoms with Gasteiger partial charge in [0.15, 0.2) is 5.58 Å². The Morgan fingerprint density at radius 2 is 1.44 bits per heavy atom. The first-order valence-corrected chi connectivity index (χ1v) is 9.86. The molecular formula is C22H13N9O. The molecular weight excluding hydrogens is 406 g/mol. The molecule has 6 heterocycles. The van der Waals surface area contributed by atoms with Crippen molar-refractivity contribution >= 4 is 33.0 Å². The lowest BCUT2D eigenvalue weighted by atomic mass is 10.2. The molecule has 0 aliphatic heterocycles. The monoisotopic (exact) mass is 419 g/mol. The summed E-state index contributed by atoms with van der Waals surface area (Å²) in [6.45, 7) is 0. The summed E-state index contributed by atoms with van der Waals surface area (Å²) in [6, 6.07) is 11.9. The van der Waals surface area contributed by atoms with Crippen LogP contribution in [0.25, 0.3) is 50.9 Å². The molecule has 32 heavy (non-hydrogen) atoms. The molecule has 10 heteroatoms. The van der Waals surface area contributed by atoms with Gasteiger partial charge in [0.1, 0.15) is 18.2 Å². The maximum atomic E-state index is 5.62. The first-order valence-electron chi connectivity index (χ1n) is 9.86. The van der Waals surface area contributed by atoms with Gasteiger partial charge in [-0.1, -0.05) is 18.2 Å². The fourth-order valence-electron chi connectivity index (χ4n) is 3.90. The Labute approximate surface area is 179 Å². The minimum absolute atomic E-state index is 0.439. The van der Waals surface area contributed by atoms with Gasteiger partial charge in [-0.2, -0.15) is 15.0 Å². The summed E-state index contributed by atoms with van der Waals surface area (Å²) in [5, 5.41) is 0.999. The summed E-state index contributed by atoms with van der Waals surface area (Å²) in [7, 11) is 0. The van der Waals surface area contributed by atoms with E-state index in [-0.39, 0.29) is 0 Å². The number of benzene rings is 1. The molecule has 0 N–H and O–H groups in total. The predicted octanol–water partition coefficient (Wildman–Crippen LogP) is 3.48. The first kappa shape index (κ1) is 16.9. The number of imidazole rings is 2. The van der Waals surface area contributed by atoms with Crippen LogP contribution in [0.4, 0.5) is 0 Å². The number of fused-ring (bicyclic) bond motifs is 4. The van der Waals surface area contributed by atoms with Gasteiger partial charge in [-0.25, -0.2) is 15.0 Å². The molecule has 0 atom stereocenters. The van der Waals surface area contributed by atoms with E-state index in [4.69, 9.17) is 19.4 Å². The van der Waals surface area contributed by atoms with Gasteiger partial charge in [-0.3, -0.25) is 13.7 Å². The molecule has 7 rings (SSSR count). The molecule has 152 valence electrons. The lowest BCUT2D eigenvalue weighted by Crippen LogP contribution is -2.12. The molecule has 0 radical (unpaired) electrons. The van der Waals surface area contributed by atoms with E-state index in [1.54, 1.807) is 52.8 Å². The van der Waals surface area contributed by atoms with Crippen LogP contribution in [0, 0.1) is 0 Å². The Morgan fingerprint density at radius 3 is 2.16 bits per heavy atom. The van der Waals surface area contributed by atoms with Crippen LogP contribution in [0.5, 0.6) is 0 Å². The number of para-hydroxylation sites is 1. The fourth-order valence-corrected chi connectivity index (χ4v) is 3.90. The zero-order valence-electron chi connectivity index (χ0n) is 16.4. The number of hydrogen-bond acceptors (Lipinski definition) is 7. The number of hydrogen-bond donors (Lipinski definition) is 0. The Morgan fingerprint density at radius 1 is 0.719 bits per heavy atom. The van der Waals surface area contributed by atoms with Gasteiger partial charge in [0.05, 0.1) is 22.8 Å². The van der Waals surface area contributed by atoms with Gasteiger partial charge in [0.25, 0.3) is 0 Å². The van der Waals surface area contributed by atoms with E-state index in [9.17, 15) is 0 Å². The molecule has 6 aromatic heterocycles. The van der Waals surface area contributed by atoms with Crippen molar-refractivity contribution in [2.75, 3.05) is 0 Å². The van der Waals surface area contributed by atoms with Gasteiger partial charge in [-0.15, -0.1) is 0 Å². The van der Waals surface area contributed by atoms with Crippen LogP contribution in [0.1, 0.15) is 0 Å². The van der Waals surface area contributed by atoms with Crippen LogP contribution in [0.15, 0.2) is 84.5 Å². The van der Waals surface area contributed by atoms with Crippen LogP contribution < -0.4 is 0 Å². The average Bonchev–Trinajstić information content (AvgIpc) is 3.63. The van der Waals surface area contributed by atoms with E-state index in [0.29, 0.717) is 23.4 Å². The van der Waals surface area contributed by atoms with Crippen LogP contribution in [0.2, 0.25) is 0 Å². The zero-order chi connectivity index (χ0) is 21.1. The summed E-state index contributed by atoms with van der Waals surface area (Å²) in [6.07, 6.45) is 11.9. The van der Waals surface area contributed by atoms with Crippen molar-refractivity contribution in [2.45, 2.75) is 0 Å². The van der Waals surface area contributed by atoms with Crippen molar-refractivity contribution < 1.29 is 4.42 Å². The first-order chi connectivity index (χ1) is 15.8. The second-order valence-electron chi connectivity index (χ2n) is 7.19. The lowest BCUT2D eigenvalue weighted by Gasteiger charge is -2.10. The summed E-state index contributed by atoms with van der Waals surface area (Å²) in [5.41, 5.74) is 4.12. The highest BCUT2D eigenvalue weighted by atomic mass is 16.3. The van der Waals surface area contributed by atoms with Gasteiger partial charge in [0, 0.05) is 42.3 Å². The topological polar surface area (TPSA) is 105 Å². The molecule has 0 spiro atoms. The molecule has 0 amide bonds. The molecule has 0 bridgehead atoms. The van der Waals surface area contributed by atoms with Crippen LogP contribution in [-0.4, -0.2) is 43.6 Å². The standard InChI is InChI=1S/C22H13N9O/c1-2-4-16-14(3-1)19-17(11-18-15(25-19)5-10-32-18)31(16)22-27-20(29-8-6-23-12-29)26-21(28-22)30-9-7-24-13-30/h1-13H. The molecule has 10 nitrogen and oxygen atoms in total. The second kappa shape index (κ2) is 6.32. The predicted molar refractivity (Wildman–Crippen MR) is 116 cm³/mol. The van der Waals surface area contributed by atoms with Crippen molar-refractivity contribution in [3.63, 3.8) is 0 Å². The number of pyridine rings is 1. The van der Waals surface area contributed by atoms with Gasteiger partial charge in [-0.05, 0) is 6.07 Å². The molecule has 0 fully saturated rings. The minimum atomic E-state index is 0.439. The minimum Gasteiger partial charge on any atom is -0.463 e. The summed E-state index contributed by atoms with van der Waals surface area (Å²) >= 11 is 0. The van der Waals surface area contributed by atoms with Crippen molar-refractivity contribution in [2.24, 2.45) is 0 Å². The van der Waals surface area contributed by atoms with E-state index in [1.165, 1.54) is 0 Å². The maximum absolute atomic E-state index is 5.62. The van der Waals surface area contributed by atoms with Gasteiger partial charge in [0.2, 0.25) is 17.8 Å². The van der Waals surface area contributed by atoms with E-state index < -0.39 is 0 Å². The van der Waals surface area contributed by atoms with Gasteiger partial charge >= 0.3 is 0 Å². The van der Waals surface area contributed by atoms with E-state index in [1.807, 2.05) is 41.0 Å². The Kier molecular flexibility index (Phi) is 3.33. The van der Waals surface area contributed by atoms with E-state index in [0.717, 1.165) is 27.5 Å². The average molecular weight is 419 g/mol.